The fourth-order valence-corrected chi connectivity index (χ4v) is 1.70. The normalized spacial score (nSPS) is 9.89. The molecule has 0 saturated carbocycles. The van der Waals surface area contributed by atoms with Crippen LogP contribution in [0.4, 0.5) is 5.69 Å². The van der Waals surface area contributed by atoms with Gasteiger partial charge in [0.1, 0.15) is 5.75 Å². The maximum absolute atomic E-state index is 11.1. The summed E-state index contributed by atoms with van der Waals surface area (Å²) in [7, 11) is 1.58. The van der Waals surface area contributed by atoms with Gasteiger partial charge in [-0.2, -0.15) is 0 Å². The molecule has 2 rings (SSSR count). The minimum Gasteiger partial charge on any atom is -0.495 e. The van der Waals surface area contributed by atoms with Crippen molar-refractivity contribution in [2.75, 3.05) is 12.4 Å². The van der Waals surface area contributed by atoms with Gasteiger partial charge in [-0.05, 0) is 23.8 Å². The first-order chi connectivity index (χ1) is 8.70. The second-order valence-electron chi connectivity index (χ2n) is 3.84. The predicted octanol–water partition coefficient (Wildman–Crippen LogP) is 2.72. The SMILES string of the molecule is COc1cc(-c2cccnc2)ccc1NC(C)=O. The molecule has 0 unspecified atom stereocenters. The number of anilines is 1. The molecule has 0 aliphatic rings. The summed E-state index contributed by atoms with van der Waals surface area (Å²) in [5, 5.41) is 2.72. The molecule has 0 radical (unpaired) electrons. The molecule has 18 heavy (non-hydrogen) atoms. The summed E-state index contributed by atoms with van der Waals surface area (Å²) in [6.45, 7) is 1.47. The van der Waals surface area contributed by atoms with Crippen LogP contribution in [0.15, 0.2) is 42.7 Å². The van der Waals surface area contributed by atoms with Gasteiger partial charge in [0.15, 0.2) is 0 Å². The van der Waals surface area contributed by atoms with E-state index in [1.807, 2.05) is 30.3 Å². The van der Waals surface area contributed by atoms with Gasteiger partial charge in [0, 0.05) is 24.9 Å². The zero-order valence-corrected chi connectivity index (χ0v) is 10.3. The Morgan fingerprint density at radius 2 is 2.11 bits per heavy atom. The van der Waals surface area contributed by atoms with E-state index in [-0.39, 0.29) is 5.91 Å². The highest BCUT2D eigenvalue weighted by Crippen LogP contribution is 2.30. The average molecular weight is 242 g/mol. The van der Waals surface area contributed by atoms with Crippen LogP contribution in [0.2, 0.25) is 0 Å². The number of ether oxygens (including phenoxy) is 1. The number of carbonyl (C=O) groups is 1. The molecule has 1 aromatic carbocycles. The van der Waals surface area contributed by atoms with Crippen LogP contribution in [0.25, 0.3) is 11.1 Å². The third kappa shape index (κ3) is 2.66. The van der Waals surface area contributed by atoms with Gasteiger partial charge in [-0.25, -0.2) is 0 Å². The standard InChI is InChI=1S/C14H14N2O2/c1-10(17)16-13-6-5-11(8-14(13)18-2)12-4-3-7-15-9-12/h3-9H,1-2H3,(H,16,17). The van der Waals surface area contributed by atoms with E-state index in [1.165, 1.54) is 6.92 Å². The van der Waals surface area contributed by atoms with Crippen molar-refractivity contribution >= 4 is 11.6 Å². The van der Waals surface area contributed by atoms with Crippen LogP contribution in [0.3, 0.4) is 0 Å². The summed E-state index contributed by atoms with van der Waals surface area (Å²) in [5.74, 6) is 0.508. The number of nitrogens with zero attached hydrogens (tertiary/aromatic N) is 1. The Morgan fingerprint density at radius 1 is 1.28 bits per heavy atom. The molecule has 0 aliphatic carbocycles. The number of rotatable bonds is 3. The second-order valence-corrected chi connectivity index (χ2v) is 3.84. The van der Waals surface area contributed by atoms with Crippen LogP contribution in [-0.2, 0) is 4.79 Å². The fourth-order valence-electron chi connectivity index (χ4n) is 1.70. The van der Waals surface area contributed by atoms with Crippen molar-refractivity contribution in [3.63, 3.8) is 0 Å². The zero-order chi connectivity index (χ0) is 13.0. The number of amides is 1. The molecule has 1 heterocycles. The third-order valence-electron chi connectivity index (χ3n) is 2.51. The van der Waals surface area contributed by atoms with Crippen LogP contribution in [0.1, 0.15) is 6.92 Å². The van der Waals surface area contributed by atoms with Crippen molar-refractivity contribution in [2.45, 2.75) is 6.92 Å². The summed E-state index contributed by atoms with van der Waals surface area (Å²) in [4.78, 5) is 15.1. The first kappa shape index (κ1) is 12.1. The lowest BCUT2D eigenvalue weighted by Gasteiger charge is -2.10. The molecule has 4 heteroatoms. The van der Waals surface area contributed by atoms with Gasteiger partial charge in [0.25, 0.3) is 0 Å². The lowest BCUT2D eigenvalue weighted by atomic mass is 10.1. The zero-order valence-electron chi connectivity index (χ0n) is 10.3. The summed E-state index contributed by atoms with van der Waals surface area (Å²) < 4.78 is 5.27. The Hall–Kier alpha value is -2.36. The maximum atomic E-state index is 11.1. The van der Waals surface area contributed by atoms with Crippen LogP contribution in [-0.4, -0.2) is 18.0 Å². The van der Waals surface area contributed by atoms with E-state index < -0.39 is 0 Å². The number of hydrogen-bond donors (Lipinski definition) is 1. The average Bonchev–Trinajstić information content (AvgIpc) is 2.39. The third-order valence-corrected chi connectivity index (χ3v) is 2.51. The number of hydrogen-bond acceptors (Lipinski definition) is 3. The highest BCUT2D eigenvalue weighted by Gasteiger charge is 2.06. The van der Waals surface area contributed by atoms with Crippen LogP contribution >= 0.6 is 0 Å². The summed E-state index contributed by atoms with van der Waals surface area (Å²) >= 11 is 0. The molecular formula is C14H14N2O2. The lowest BCUT2D eigenvalue weighted by Crippen LogP contribution is -2.07. The quantitative estimate of drug-likeness (QED) is 0.900. The van der Waals surface area contributed by atoms with Gasteiger partial charge in [-0.3, -0.25) is 9.78 Å². The molecule has 1 amide bonds. The molecule has 0 aliphatic heterocycles. The van der Waals surface area contributed by atoms with E-state index in [0.717, 1.165) is 11.1 Å². The van der Waals surface area contributed by atoms with Crippen LogP contribution in [0, 0.1) is 0 Å². The van der Waals surface area contributed by atoms with Gasteiger partial charge < -0.3 is 10.1 Å². The van der Waals surface area contributed by atoms with Crippen molar-refractivity contribution in [2.24, 2.45) is 0 Å². The number of benzene rings is 1. The monoisotopic (exact) mass is 242 g/mol. The van der Waals surface area contributed by atoms with Crippen molar-refractivity contribution in [3.8, 4) is 16.9 Å². The van der Waals surface area contributed by atoms with E-state index in [1.54, 1.807) is 19.5 Å². The molecule has 92 valence electrons. The lowest BCUT2D eigenvalue weighted by molar-refractivity contribution is -0.114. The van der Waals surface area contributed by atoms with E-state index in [0.29, 0.717) is 11.4 Å². The van der Waals surface area contributed by atoms with Gasteiger partial charge >= 0.3 is 0 Å². The number of pyridine rings is 1. The molecule has 0 spiro atoms. The van der Waals surface area contributed by atoms with Crippen molar-refractivity contribution in [1.82, 2.24) is 4.98 Å². The first-order valence-electron chi connectivity index (χ1n) is 5.56. The minimum absolute atomic E-state index is 0.123. The highest BCUT2D eigenvalue weighted by atomic mass is 16.5. The molecule has 0 fully saturated rings. The van der Waals surface area contributed by atoms with Crippen molar-refractivity contribution < 1.29 is 9.53 Å². The fraction of sp³-hybridized carbons (Fsp3) is 0.143. The number of aromatic nitrogens is 1. The summed E-state index contributed by atoms with van der Waals surface area (Å²) in [6.07, 6.45) is 3.51. The van der Waals surface area contributed by atoms with E-state index in [4.69, 9.17) is 4.74 Å². The minimum atomic E-state index is -0.123. The first-order valence-corrected chi connectivity index (χ1v) is 5.56. The van der Waals surface area contributed by atoms with Crippen LogP contribution < -0.4 is 10.1 Å². The van der Waals surface area contributed by atoms with Gasteiger partial charge in [-0.15, -0.1) is 0 Å². The Balaban J connectivity index is 2.39. The topological polar surface area (TPSA) is 51.2 Å². The number of methoxy groups -OCH3 is 1. The second kappa shape index (κ2) is 5.31. The van der Waals surface area contributed by atoms with Gasteiger partial charge in [0.05, 0.1) is 12.8 Å². The molecule has 2 aromatic rings. The van der Waals surface area contributed by atoms with E-state index >= 15 is 0 Å². The molecule has 1 aromatic heterocycles. The summed E-state index contributed by atoms with van der Waals surface area (Å²) in [6, 6.07) is 9.47. The predicted molar refractivity (Wildman–Crippen MR) is 70.5 cm³/mol. The molecule has 0 saturated heterocycles. The van der Waals surface area contributed by atoms with E-state index in [9.17, 15) is 4.79 Å². The van der Waals surface area contributed by atoms with Gasteiger partial charge in [0.2, 0.25) is 5.91 Å². The largest absolute Gasteiger partial charge is 0.495 e. The Labute approximate surface area is 106 Å². The number of carbonyl (C=O) groups excluding carboxylic acids is 1. The molecule has 0 bridgehead atoms. The molecule has 0 atom stereocenters. The van der Waals surface area contributed by atoms with Gasteiger partial charge in [-0.1, -0.05) is 12.1 Å². The Bertz CT molecular complexity index is 553. The molecule has 4 nitrogen and oxygen atoms in total. The van der Waals surface area contributed by atoms with Crippen molar-refractivity contribution in [1.29, 1.82) is 0 Å². The molecule has 1 N–H and O–H groups in total. The smallest absolute Gasteiger partial charge is 0.221 e. The highest BCUT2D eigenvalue weighted by molar-refractivity contribution is 5.91. The Morgan fingerprint density at radius 3 is 2.72 bits per heavy atom. The Kier molecular flexibility index (Phi) is 3.57. The van der Waals surface area contributed by atoms with Crippen molar-refractivity contribution in [3.05, 3.63) is 42.7 Å². The summed E-state index contributed by atoms with van der Waals surface area (Å²) in [5.41, 5.74) is 2.66. The number of nitrogens with one attached hydrogen (secondary N) is 1. The van der Waals surface area contributed by atoms with Crippen LogP contribution in [0.5, 0.6) is 5.75 Å². The maximum Gasteiger partial charge on any atom is 0.221 e. The molecular weight excluding hydrogens is 228 g/mol. The van der Waals surface area contributed by atoms with E-state index in [2.05, 4.69) is 10.3 Å².